The fourth-order valence-electron chi connectivity index (χ4n) is 3.07. The molecule has 0 aliphatic carbocycles. The second-order valence-corrected chi connectivity index (χ2v) is 8.14. The minimum Gasteiger partial charge on any atom is -0.395 e. The van der Waals surface area contributed by atoms with Crippen molar-refractivity contribution in [3.05, 3.63) is 66.1 Å². The third-order valence-electron chi connectivity index (χ3n) is 4.30. The zero-order valence-corrected chi connectivity index (χ0v) is 15.8. The highest BCUT2D eigenvalue weighted by Gasteiger charge is 2.44. The zero-order valence-electron chi connectivity index (χ0n) is 15.0. The number of halogens is 3. The van der Waals surface area contributed by atoms with E-state index in [1.165, 1.54) is 24.4 Å². The van der Waals surface area contributed by atoms with Crippen molar-refractivity contribution >= 4 is 10.0 Å². The molecule has 1 N–H and O–H groups in total. The molecular weight excluding hydrogens is 409 g/mol. The van der Waals surface area contributed by atoms with E-state index >= 15 is 0 Å². The highest BCUT2D eigenvalue weighted by atomic mass is 32.2. The molecule has 0 spiro atoms. The van der Waals surface area contributed by atoms with Crippen LogP contribution in [0.25, 0.3) is 11.3 Å². The first-order valence-electron chi connectivity index (χ1n) is 8.47. The van der Waals surface area contributed by atoms with Gasteiger partial charge in [-0.25, -0.2) is 16.8 Å². The Hall–Kier alpha value is -2.98. The van der Waals surface area contributed by atoms with Gasteiger partial charge in [0.25, 0.3) is 10.0 Å². The molecule has 2 heterocycles. The first-order valence-corrected chi connectivity index (χ1v) is 9.91. The number of benzene rings is 2. The van der Waals surface area contributed by atoms with Gasteiger partial charge >= 0.3 is 6.29 Å². The Labute approximate surface area is 164 Å². The summed E-state index contributed by atoms with van der Waals surface area (Å²) in [6.07, 6.45) is -2.51. The van der Waals surface area contributed by atoms with Crippen LogP contribution in [-0.4, -0.2) is 25.7 Å². The number of nitrogens with one attached hydrogen (secondary N) is 1. The molecule has 0 atom stereocenters. The molecule has 0 amide bonds. The lowest BCUT2D eigenvalue weighted by molar-refractivity contribution is -0.286. The number of nitrogens with zero attached hydrogens (tertiary/aromatic N) is 1. The predicted molar refractivity (Wildman–Crippen MR) is 97.8 cm³/mol. The second-order valence-electron chi connectivity index (χ2n) is 6.32. The standard InChI is InChI=1S/C19H15F3N2O4S/c1-23-10-12-8-16(14-4-2-3-5-15(14)20)24(11-12)29(25,26)13-6-7-17-18(9-13)28-19(21,22)27-17/h2-9,11,23H,10H2,1H3. The molecule has 0 unspecified atom stereocenters. The predicted octanol–water partition coefficient (Wildman–Crippen LogP) is 3.57. The summed E-state index contributed by atoms with van der Waals surface area (Å²) in [6.45, 7) is 0.345. The van der Waals surface area contributed by atoms with E-state index in [1.807, 2.05) is 0 Å². The number of hydrogen-bond donors (Lipinski definition) is 1. The highest BCUT2D eigenvalue weighted by molar-refractivity contribution is 7.90. The molecule has 1 aromatic heterocycles. The second kappa shape index (κ2) is 6.82. The Morgan fingerprint density at radius 2 is 1.79 bits per heavy atom. The number of fused-ring (bicyclic) bond motifs is 1. The van der Waals surface area contributed by atoms with Gasteiger partial charge in [-0.2, -0.15) is 0 Å². The van der Waals surface area contributed by atoms with Gasteiger partial charge in [0.2, 0.25) is 0 Å². The van der Waals surface area contributed by atoms with Gasteiger partial charge in [0.05, 0.1) is 10.6 Å². The monoisotopic (exact) mass is 424 g/mol. The quantitative estimate of drug-likeness (QED) is 0.678. The Balaban J connectivity index is 1.85. The van der Waals surface area contributed by atoms with Crippen molar-refractivity contribution in [1.29, 1.82) is 0 Å². The molecule has 3 aromatic rings. The molecule has 0 saturated carbocycles. The lowest BCUT2D eigenvalue weighted by atomic mass is 10.1. The highest BCUT2D eigenvalue weighted by Crippen LogP contribution is 2.42. The van der Waals surface area contributed by atoms with Gasteiger partial charge < -0.3 is 14.8 Å². The number of ether oxygens (including phenoxy) is 2. The van der Waals surface area contributed by atoms with E-state index in [-0.39, 0.29) is 21.9 Å². The molecule has 29 heavy (non-hydrogen) atoms. The van der Waals surface area contributed by atoms with Crippen LogP contribution in [0.5, 0.6) is 11.5 Å². The average molecular weight is 424 g/mol. The molecule has 10 heteroatoms. The number of aromatic nitrogens is 1. The van der Waals surface area contributed by atoms with Crippen LogP contribution in [-0.2, 0) is 16.6 Å². The van der Waals surface area contributed by atoms with E-state index in [9.17, 15) is 21.6 Å². The number of alkyl halides is 2. The summed E-state index contributed by atoms with van der Waals surface area (Å²) in [5.41, 5.74) is 0.795. The molecule has 6 nitrogen and oxygen atoms in total. The summed E-state index contributed by atoms with van der Waals surface area (Å²) >= 11 is 0. The van der Waals surface area contributed by atoms with Gasteiger partial charge in [-0.05, 0) is 42.9 Å². The Kier molecular flexibility index (Phi) is 4.55. The number of rotatable bonds is 5. The van der Waals surface area contributed by atoms with Crippen molar-refractivity contribution in [1.82, 2.24) is 9.29 Å². The molecule has 0 saturated heterocycles. The van der Waals surface area contributed by atoms with Crippen LogP contribution >= 0.6 is 0 Å². The maximum atomic E-state index is 14.4. The summed E-state index contributed by atoms with van der Waals surface area (Å²) in [5.74, 6) is -1.26. The maximum Gasteiger partial charge on any atom is 0.586 e. The van der Waals surface area contributed by atoms with Crippen LogP contribution in [0.3, 0.4) is 0 Å². The molecule has 4 rings (SSSR count). The Bertz CT molecular complexity index is 1190. The van der Waals surface area contributed by atoms with E-state index in [1.54, 1.807) is 19.2 Å². The topological polar surface area (TPSA) is 69.6 Å². The van der Waals surface area contributed by atoms with E-state index in [2.05, 4.69) is 14.8 Å². The maximum absolute atomic E-state index is 14.4. The van der Waals surface area contributed by atoms with Crippen molar-refractivity contribution in [2.75, 3.05) is 7.05 Å². The first kappa shape index (κ1) is 19.3. The van der Waals surface area contributed by atoms with Crippen LogP contribution in [0.2, 0.25) is 0 Å². The van der Waals surface area contributed by atoms with Crippen molar-refractivity contribution in [3.63, 3.8) is 0 Å². The molecule has 0 fully saturated rings. The molecule has 152 valence electrons. The van der Waals surface area contributed by atoms with E-state index in [0.717, 1.165) is 22.2 Å². The summed E-state index contributed by atoms with van der Waals surface area (Å²) in [4.78, 5) is -0.304. The van der Waals surface area contributed by atoms with Crippen molar-refractivity contribution in [2.24, 2.45) is 0 Å². The smallest absolute Gasteiger partial charge is 0.395 e. The molecule has 2 aromatic carbocycles. The van der Waals surface area contributed by atoms with Crippen LogP contribution < -0.4 is 14.8 Å². The molecular formula is C19H15F3N2O4S. The van der Waals surface area contributed by atoms with Crippen molar-refractivity contribution < 1.29 is 31.1 Å². The van der Waals surface area contributed by atoms with Gasteiger partial charge in [0, 0.05) is 24.4 Å². The fraction of sp³-hybridized carbons (Fsp3) is 0.158. The summed E-state index contributed by atoms with van der Waals surface area (Å²) < 4.78 is 77.0. The lowest BCUT2D eigenvalue weighted by Gasteiger charge is -2.11. The van der Waals surface area contributed by atoms with E-state index < -0.39 is 27.9 Å². The molecule has 1 aliphatic rings. The first-order chi connectivity index (χ1) is 13.7. The number of hydrogen-bond acceptors (Lipinski definition) is 5. The molecule has 0 radical (unpaired) electrons. The third kappa shape index (κ3) is 3.45. The minimum atomic E-state index is -4.25. The minimum absolute atomic E-state index is 0.0886. The van der Waals surface area contributed by atoms with Crippen LogP contribution in [0.1, 0.15) is 5.56 Å². The molecule has 1 aliphatic heterocycles. The van der Waals surface area contributed by atoms with Crippen LogP contribution in [0.15, 0.2) is 59.6 Å². The van der Waals surface area contributed by atoms with E-state index in [0.29, 0.717) is 12.1 Å². The average Bonchev–Trinajstić information content (AvgIpc) is 3.21. The fourth-order valence-corrected chi connectivity index (χ4v) is 4.47. The van der Waals surface area contributed by atoms with Crippen LogP contribution in [0, 0.1) is 5.82 Å². The lowest BCUT2D eigenvalue weighted by Crippen LogP contribution is -2.25. The zero-order chi connectivity index (χ0) is 20.8. The van der Waals surface area contributed by atoms with Gasteiger partial charge in [-0.3, -0.25) is 0 Å². The van der Waals surface area contributed by atoms with Crippen molar-refractivity contribution in [3.8, 4) is 22.8 Å². The third-order valence-corrected chi connectivity index (χ3v) is 5.97. The summed E-state index contributed by atoms with van der Waals surface area (Å²) in [7, 11) is -2.56. The summed E-state index contributed by atoms with van der Waals surface area (Å²) in [6, 6.07) is 10.5. The van der Waals surface area contributed by atoms with Gasteiger partial charge in [-0.1, -0.05) is 12.1 Å². The SMILES string of the molecule is CNCc1cc(-c2ccccc2F)n(S(=O)(=O)c2ccc3c(c2)OC(F)(F)O3)c1. The largest absolute Gasteiger partial charge is 0.586 e. The van der Waals surface area contributed by atoms with Crippen LogP contribution in [0.4, 0.5) is 13.2 Å². The van der Waals surface area contributed by atoms with Gasteiger partial charge in [0.15, 0.2) is 11.5 Å². The van der Waals surface area contributed by atoms with Gasteiger partial charge in [-0.15, -0.1) is 8.78 Å². The van der Waals surface area contributed by atoms with E-state index in [4.69, 9.17) is 0 Å². The van der Waals surface area contributed by atoms with Crippen molar-refractivity contribution in [2.45, 2.75) is 17.7 Å². The Morgan fingerprint density at radius 1 is 1.07 bits per heavy atom. The Morgan fingerprint density at radius 3 is 2.52 bits per heavy atom. The molecule has 0 bridgehead atoms. The normalized spacial score (nSPS) is 14.9. The summed E-state index contributed by atoms with van der Waals surface area (Å²) in [5, 5.41) is 2.90. The van der Waals surface area contributed by atoms with Gasteiger partial charge in [0.1, 0.15) is 5.82 Å².